The van der Waals surface area contributed by atoms with E-state index in [-0.39, 0.29) is 11.9 Å². The van der Waals surface area contributed by atoms with Gasteiger partial charge in [-0.3, -0.25) is 4.90 Å². The number of halogens is 1. The van der Waals surface area contributed by atoms with E-state index in [9.17, 15) is 8.42 Å². The summed E-state index contributed by atoms with van der Waals surface area (Å²) in [5, 5.41) is 0. The Morgan fingerprint density at radius 3 is 2.63 bits per heavy atom. The maximum atomic E-state index is 11.2. The van der Waals surface area contributed by atoms with Gasteiger partial charge >= 0.3 is 0 Å². The van der Waals surface area contributed by atoms with Crippen LogP contribution in [0.15, 0.2) is 18.2 Å². The summed E-state index contributed by atoms with van der Waals surface area (Å²) in [6.07, 6.45) is 0.0538. The van der Waals surface area contributed by atoms with Crippen LogP contribution in [-0.4, -0.2) is 46.7 Å². The number of hydrogen-bond donors (Lipinski definition) is 0. The van der Waals surface area contributed by atoms with Gasteiger partial charge in [0.15, 0.2) is 11.5 Å². The molecule has 0 spiro atoms. The molecule has 2 rings (SSSR count). The molecule has 1 aliphatic rings. The summed E-state index contributed by atoms with van der Waals surface area (Å²) < 4.78 is 33.5. The summed E-state index contributed by atoms with van der Waals surface area (Å²) in [6, 6.07) is 5.14. The number of likely N-dealkylation sites (N-methyl/N-ethyl adjacent to an activating group) is 1. The highest BCUT2D eigenvalue weighted by Gasteiger charge is 2.27. The number of methoxy groups -OCH3 is 1. The van der Waals surface area contributed by atoms with Crippen LogP contribution in [-0.2, 0) is 14.8 Å². The first-order valence-electron chi connectivity index (χ1n) is 5.82. The lowest BCUT2D eigenvalue weighted by Crippen LogP contribution is -2.51. The van der Waals surface area contributed by atoms with Gasteiger partial charge in [0.25, 0.3) is 0 Å². The van der Waals surface area contributed by atoms with E-state index in [1.807, 2.05) is 7.05 Å². The van der Waals surface area contributed by atoms with E-state index in [0.717, 1.165) is 13.1 Å². The maximum Gasteiger partial charge on any atom is 0.236 e. The summed E-state index contributed by atoms with van der Waals surface area (Å²) in [5.41, 5.74) is 0.518. The highest BCUT2D eigenvalue weighted by Crippen LogP contribution is 2.34. The van der Waals surface area contributed by atoms with E-state index in [1.165, 1.54) is 7.11 Å². The number of hydrogen-bond acceptors (Lipinski definition) is 5. The molecule has 0 unspecified atom stereocenters. The minimum Gasteiger partial charge on any atom is -0.493 e. The molecular formula is C12H16ClNO4S. The van der Waals surface area contributed by atoms with Gasteiger partial charge in [0, 0.05) is 29.3 Å². The van der Waals surface area contributed by atoms with Gasteiger partial charge in [-0.25, -0.2) is 8.42 Å². The topological polar surface area (TPSA) is 55.8 Å². The van der Waals surface area contributed by atoms with Crippen LogP contribution in [0.1, 0.15) is 5.56 Å². The van der Waals surface area contributed by atoms with Crippen molar-refractivity contribution in [1.29, 1.82) is 0 Å². The molecule has 0 amide bonds. The van der Waals surface area contributed by atoms with Crippen LogP contribution < -0.4 is 9.47 Å². The summed E-state index contributed by atoms with van der Waals surface area (Å²) in [4.78, 5) is 2.11. The Morgan fingerprint density at radius 1 is 1.42 bits per heavy atom. The molecule has 1 aromatic rings. The number of benzene rings is 1. The first kappa shape index (κ1) is 14.4. The molecule has 19 heavy (non-hydrogen) atoms. The fourth-order valence-electron chi connectivity index (χ4n) is 2.04. The molecule has 0 bridgehead atoms. The highest BCUT2D eigenvalue weighted by atomic mass is 35.7. The SMILES string of the molecule is COc1cccc(CS(=O)(=O)Cl)c1OC1CN(C)C1. The average Bonchev–Trinajstić information content (AvgIpc) is 2.27. The number of nitrogens with zero attached hydrogens (tertiary/aromatic N) is 1. The van der Waals surface area contributed by atoms with Gasteiger partial charge in [-0.2, -0.15) is 0 Å². The van der Waals surface area contributed by atoms with Crippen molar-refractivity contribution in [2.45, 2.75) is 11.9 Å². The van der Waals surface area contributed by atoms with E-state index in [4.69, 9.17) is 20.2 Å². The largest absolute Gasteiger partial charge is 0.493 e. The predicted octanol–water partition coefficient (Wildman–Crippen LogP) is 1.46. The number of likely N-dealkylation sites (tertiary alicyclic amines) is 1. The molecule has 1 heterocycles. The van der Waals surface area contributed by atoms with Crippen molar-refractivity contribution < 1.29 is 17.9 Å². The van der Waals surface area contributed by atoms with Crippen molar-refractivity contribution in [1.82, 2.24) is 4.90 Å². The van der Waals surface area contributed by atoms with E-state index >= 15 is 0 Å². The summed E-state index contributed by atoms with van der Waals surface area (Å²) in [5.74, 6) is 0.712. The normalized spacial score (nSPS) is 17.0. The third-order valence-corrected chi connectivity index (χ3v) is 3.91. The van der Waals surface area contributed by atoms with Crippen LogP contribution in [0.4, 0.5) is 0 Å². The molecule has 0 aromatic heterocycles. The van der Waals surface area contributed by atoms with Crippen LogP contribution in [0, 0.1) is 0 Å². The Balaban J connectivity index is 2.26. The van der Waals surface area contributed by atoms with Crippen LogP contribution >= 0.6 is 10.7 Å². The molecule has 1 saturated heterocycles. The molecule has 1 aromatic carbocycles. The van der Waals surface area contributed by atoms with Crippen molar-refractivity contribution in [3.05, 3.63) is 23.8 Å². The van der Waals surface area contributed by atoms with Gasteiger partial charge in [0.05, 0.1) is 12.9 Å². The molecule has 1 fully saturated rings. The number of para-hydroxylation sites is 1. The van der Waals surface area contributed by atoms with Gasteiger partial charge < -0.3 is 9.47 Å². The zero-order valence-corrected chi connectivity index (χ0v) is 12.4. The second-order valence-electron chi connectivity index (χ2n) is 4.59. The van der Waals surface area contributed by atoms with Gasteiger partial charge in [-0.15, -0.1) is 0 Å². The molecular weight excluding hydrogens is 290 g/mol. The van der Waals surface area contributed by atoms with Crippen molar-refractivity contribution in [3.63, 3.8) is 0 Å². The minimum absolute atomic E-state index is 0.0538. The summed E-state index contributed by atoms with van der Waals surface area (Å²) in [6.45, 7) is 1.62. The molecule has 106 valence electrons. The molecule has 0 saturated carbocycles. The second kappa shape index (κ2) is 5.56. The zero-order chi connectivity index (χ0) is 14.0. The second-order valence-corrected chi connectivity index (χ2v) is 7.37. The van der Waals surface area contributed by atoms with Gasteiger partial charge in [0.1, 0.15) is 6.10 Å². The van der Waals surface area contributed by atoms with E-state index in [1.54, 1.807) is 18.2 Å². The third kappa shape index (κ3) is 3.75. The van der Waals surface area contributed by atoms with Crippen LogP contribution in [0.2, 0.25) is 0 Å². The van der Waals surface area contributed by atoms with E-state index < -0.39 is 9.05 Å². The first-order chi connectivity index (χ1) is 8.89. The van der Waals surface area contributed by atoms with Crippen molar-refractivity contribution in [2.75, 3.05) is 27.2 Å². The van der Waals surface area contributed by atoms with Crippen LogP contribution in [0.5, 0.6) is 11.5 Å². The molecule has 0 aliphatic carbocycles. The lowest BCUT2D eigenvalue weighted by atomic mass is 10.1. The van der Waals surface area contributed by atoms with E-state index in [2.05, 4.69) is 4.90 Å². The number of ether oxygens (including phenoxy) is 2. The zero-order valence-electron chi connectivity index (χ0n) is 10.8. The van der Waals surface area contributed by atoms with Crippen LogP contribution in [0.3, 0.4) is 0 Å². The Hall–Kier alpha value is -0.980. The van der Waals surface area contributed by atoms with Crippen molar-refractivity contribution in [2.24, 2.45) is 0 Å². The quantitative estimate of drug-likeness (QED) is 0.771. The fraction of sp³-hybridized carbons (Fsp3) is 0.500. The van der Waals surface area contributed by atoms with Gasteiger partial charge in [-0.05, 0) is 13.1 Å². The Bertz CT molecular complexity index is 555. The summed E-state index contributed by atoms with van der Waals surface area (Å²) in [7, 11) is 5.19. The van der Waals surface area contributed by atoms with Gasteiger partial charge in [-0.1, -0.05) is 12.1 Å². The average molecular weight is 306 g/mol. The predicted molar refractivity (Wildman–Crippen MR) is 73.4 cm³/mol. The third-order valence-electron chi connectivity index (χ3n) is 2.92. The molecule has 7 heteroatoms. The molecule has 0 N–H and O–H groups in total. The smallest absolute Gasteiger partial charge is 0.236 e. The van der Waals surface area contributed by atoms with Crippen LogP contribution in [0.25, 0.3) is 0 Å². The Kier molecular flexibility index (Phi) is 4.23. The summed E-state index contributed by atoms with van der Waals surface area (Å²) >= 11 is 0. The van der Waals surface area contributed by atoms with Gasteiger partial charge in [0.2, 0.25) is 9.05 Å². The Morgan fingerprint density at radius 2 is 2.11 bits per heavy atom. The highest BCUT2D eigenvalue weighted by molar-refractivity contribution is 8.13. The minimum atomic E-state index is -3.63. The molecule has 0 radical (unpaired) electrons. The molecule has 0 atom stereocenters. The lowest BCUT2D eigenvalue weighted by molar-refractivity contribution is 0.0364. The Labute approximate surface area is 117 Å². The maximum absolute atomic E-state index is 11.2. The standard InChI is InChI=1S/C12H16ClNO4S/c1-14-6-10(7-14)18-12-9(8-19(13,15)16)4-3-5-11(12)17-2/h3-5,10H,6-8H2,1-2H3. The van der Waals surface area contributed by atoms with Crippen molar-refractivity contribution >= 4 is 19.7 Å². The molecule has 1 aliphatic heterocycles. The lowest BCUT2D eigenvalue weighted by Gasteiger charge is -2.36. The first-order valence-corrected chi connectivity index (χ1v) is 8.30. The molecule has 5 nitrogen and oxygen atoms in total. The monoisotopic (exact) mass is 305 g/mol. The fourth-order valence-corrected chi connectivity index (χ4v) is 2.99. The van der Waals surface area contributed by atoms with Crippen molar-refractivity contribution in [3.8, 4) is 11.5 Å². The van der Waals surface area contributed by atoms with E-state index in [0.29, 0.717) is 17.1 Å². The number of rotatable bonds is 5.